The fraction of sp³-hybridized carbons (Fsp3) is 0.400. The van der Waals surface area contributed by atoms with Crippen LogP contribution in [0.1, 0.15) is 26.7 Å². The molecule has 1 heterocycles. The second-order valence-corrected chi connectivity index (χ2v) is 4.43. The van der Waals surface area contributed by atoms with Crippen LogP contribution in [0.2, 0.25) is 0 Å². The molecular formula is C15H17F2NO3. The summed E-state index contributed by atoms with van der Waals surface area (Å²) in [5.41, 5.74) is 0.641. The van der Waals surface area contributed by atoms with Crippen LogP contribution >= 0.6 is 0 Å². The van der Waals surface area contributed by atoms with Gasteiger partial charge in [-0.3, -0.25) is 0 Å². The molecule has 1 aromatic heterocycles. The summed E-state index contributed by atoms with van der Waals surface area (Å²) < 4.78 is 40.4. The largest absolute Gasteiger partial charge is 0.487 e. The molecule has 0 fully saturated rings. The number of rotatable bonds is 7. The second-order valence-electron chi connectivity index (χ2n) is 4.43. The van der Waals surface area contributed by atoms with Gasteiger partial charge in [-0.25, -0.2) is 4.98 Å². The van der Waals surface area contributed by atoms with Crippen molar-refractivity contribution in [1.29, 1.82) is 0 Å². The van der Waals surface area contributed by atoms with Gasteiger partial charge in [-0.2, -0.15) is 8.78 Å². The van der Waals surface area contributed by atoms with Crippen LogP contribution in [0.4, 0.5) is 8.78 Å². The van der Waals surface area contributed by atoms with Crippen molar-refractivity contribution in [3.05, 3.63) is 30.7 Å². The van der Waals surface area contributed by atoms with Gasteiger partial charge in [0.05, 0.1) is 12.3 Å². The molecule has 6 heteroatoms. The minimum atomic E-state index is -2.90. The minimum Gasteiger partial charge on any atom is -0.487 e. The molecule has 0 aliphatic rings. The number of aromatic nitrogens is 1. The van der Waals surface area contributed by atoms with Crippen molar-refractivity contribution in [3.8, 4) is 23.0 Å². The first kappa shape index (κ1) is 15.3. The average Bonchev–Trinajstić information content (AvgIpc) is 2.99. The quantitative estimate of drug-likeness (QED) is 0.754. The number of alkyl halides is 2. The first-order chi connectivity index (χ1) is 10.1. The molecule has 114 valence electrons. The molecule has 0 spiro atoms. The smallest absolute Gasteiger partial charge is 0.387 e. The standard InChI is InChI=1S/C15H17F2NO3/c1-3-11(4-2)20-13-9-10(14-18-7-8-19-14)5-6-12(13)21-15(16)17/h5-9,11,15H,3-4H2,1-2H3. The summed E-state index contributed by atoms with van der Waals surface area (Å²) in [4.78, 5) is 4.03. The van der Waals surface area contributed by atoms with Gasteiger partial charge in [0, 0.05) is 5.56 Å². The molecule has 0 radical (unpaired) electrons. The molecule has 0 aliphatic carbocycles. The van der Waals surface area contributed by atoms with E-state index in [1.54, 1.807) is 12.1 Å². The van der Waals surface area contributed by atoms with E-state index in [0.717, 1.165) is 12.8 Å². The number of benzene rings is 1. The number of halogens is 2. The van der Waals surface area contributed by atoms with Gasteiger partial charge in [0.25, 0.3) is 0 Å². The summed E-state index contributed by atoms with van der Waals surface area (Å²) in [5.74, 6) is 0.667. The first-order valence-corrected chi connectivity index (χ1v) is 6.79. The lowest BCUT2D eigenvalue weighted by Gasteiger charge is -2.18. The van der Waals surface area contributed by atoms with Crippen LogP contribution in [0.3, 0.4) is 0 Å². The molecular weight excluding hydrogens is 280 g/mol. The molecule has 0 bridgehead atoms. The second kappa shape index (κ2) is 7.06. The Labute approximate surface area is 121 Å². The summed E-state index contributed by atoms with van der Waals surface area (Å²) in [7, 11) is 0. The van der Waals surface area contributed by atoms with Crippen molar-refractivity contribution in [3.63, 3.8) is 0 Å². The van der Waals surface area contributed by atoms with Crippen molar-refractivity contribution in [2.24, 2.45) is 0 Å². The highest BCUT2D eigenvalue weighted by Crippen LogP contribution is 2.34. The Morgan fingerprint density at radius 2 is 1.90 bits per heavy atom. The lowest BCUT2D eigenvalue weighted by molar-refractivity contribution is -0.0521. The van der Waals surface area contributed by atoms with Crippen LogP contribution in [-0.2, 0) is 0 Å². The highest BCUT2D eigenvalue weighted by Gasteiger charge is 2.16. The molecule has 2 rings (SSSR count). The lowest BCUT2D eigenvalue weighted by Crippen LogP contribution is -2.15. The summed E-state index contributed by atoms with van der Waals surface area (Å²) in [6.45, 7) is 1.04. The maximum absolute atomic E-state index is 12.5. The van der Waals surface area contributed by atoms with Crippen LogP contribution in [0.25, 0.3) is 11.5 Å². The maximum atomic E-state index is 12.5. The van der Waals surface area contributed by atoms with Gasteiger partial charge in [-0.05, 0) is 31.0 Å². The van der Waals surface area contributed by atoms with Crippen LogP contribution in [0.5, 0.6) is 11.5 Å². The molecule has 0 N–H and O–H groups in total. The Hall–Kier alpha value is -2.11. The Kier molecular flexibility index (Phi) is 5.14. The van der Waals surface area contributed by atoms with Crippen molar-refractivity contribution in [1.82, 2.24) is 4.98 Å². The summed E-state index contributed by atoms with van der Waals surface area (Å²) in [6, 6.07) is 4.63. The lowest BCUT2D eigenvalue weighted by atomic mass is 10.2. The first-order valence-electron chi connectivity index (χ1n) is 6.79. The highest BCUT2D eigenvalue weighted by molar-refractivity contribution is 5.59. The molecule has 0 aliphatic heterocycles. The van der Waals surface area contributed by atoms with E-state index in [2.05, 4.69) is 9.72 Å². The molecule has 0 amide bonds. The highest BCUT2D eigenvalue weighted by atomic mass is 19.3. The predicted octanol–water partition coefficient (Wildman–Crippen LogP) is 4.51. The zero-order valence-corrected chi connectivity index (χ0v) is 11.9. The third kappa shape index (κ3) is 3.93. The van der Waals surface area contributed by atoms with E-state index in [1.165, 1.54) is 18.5 Å². The number of ether oxygens (including phenoxy) is 2. The van der Waals surface area contributed by atoms with Crippen molar-refractivity contribution < 1.29 is 22.7 Å². The number of hydrogen-bond acceptors (Lipinski definition) is 4. The molecule has 0 saturated carbocycles. The van der Waals surface area contributed by atoms with Crippen LogP contribution in [0.15, 0.2) is 35.1 Å². The van der Waals surface area contributed by atoms with E-state index >= 15 is 0 Å². The van der Waals surface area contributed by atoms with E-state index in [4.69, 9.17) is 9.15 Å². The minimum absolute atomic E-state index is 0.00667. The van der Waals surface area contributed by atoms with E-state index in [1.807, 2.05) is 13.8 Å². The Bertz CT molecular complexity index is 554. The summed E-state index contributed by atoms with van der Waals surface area (Å²) in [5, 5.41) is 0. The number of oxazole rings is 1. The fourth-order valence-electron chi connectivity index (χ4n) is 1.93. The average molecular weight is 297 g/mol. The van der Waals surface area contributed by atoms with Crippen molar-refractivity contribution in [2.75, 3.05) is 0 Å². The summed E-state index contributed by atoms with van der Waals surface area (Å²) >= 11 is 0. The van der Waals surface area contributed by atoms with Gasteiger partial charge < -0.3 is 13.9 Å². The van der Waals surface area contributed by atoms with Gasteiger partial charge >= 0.3 is 6.61 Å². The van der Waals surface area contributed by atoms with Gasteiger partial charge in [-0.1, -0.05) is 13.8 Å². The molecule has 4 nitrogen and oxygen atoms in total. The van der Waals surface area contributed by atoms with Gasteiger partial charge in [0.1, 0.15) is 6.26 Å². The topological polar surface area (TPSA) is 44.5 Å². The fourth-order valence-corrected chi connectivity index (χ4v) is 1.93. The van der Waals surface area contributed by atoms with Crippen molar-refractivity contribution in [2.45, 2.75) is 39.4 Å². The SMILES string of the molecule is CCC(CC)Oc1cc(-c2ncco2)ccc1OC(F)F. The molecule has 1 aromatic carbocycles. The van der Waals surface area contributed by atoms with Gasteiger partial charge in [-0.15, -0.1) is 0 Å². The Morgan fingerprint density at radius 3 is 2.48 bits per heavy atom. The molecule has 0 saturated heterocycles. The monoisotopic (exact) mass is 297 g/mol. The zero-order valence-electron chi connectivity index (χ0n) is 11.9. The van der Waals surface area contributed by atoms with E-state index in [0.29, 0.717) is 11.5 Å². The van der Waals surface area contributed by atoms with Gasteiger partial charge in [0.2, 0.25) is 5.89 Å². The predicted molar refractivity (Wildman–Crippen MR) is 73.6 cm³/mol. The number of hydrogen-bond donors (Lipinski definition) is 0. The Balaban J connectivity index is 2.33. The van der Waals surface area contributed by atoms with E-state index < -0.39 is 6.61 Å². The molecule has 0 unspecified atom stereocenters. The van der Waals surface area contributed by atoms with Crippen LogP contribution < -0.4 is 9.47 Å². The van der Waals surface area contributed by atoms with Crippen molar-refractivity contribution >= 4 is 0 Å². The summed E-state index contributed by atoms with van der Waals surface area (Å²) in [6.07, 6.45) is 4.44. The van der Waals surface area contributed by atoms with Crippen LogP contribution in [-0.4, -0.2) is 17.7 Å². The number of nitrogens with zero attached hydrogens (tertiary/aromatic N) is 1. The van der Waals surface area contributed by atoms with Crippen LogP contribution in [0, 0.1) is 0 Å². The molecule has 2 aromatic rings. The normalized spacial score (nSPS) is 11.1. The third-order valence-corrected chi connectivity index (χ3v) is 3.04. The maximum Gasteiger partial charge on any atom is 0.387 e. The Morgan fingerprint density at radius 1 is 1.14 bits per heavy atom. The zero-order chi connectivity index (χ0) is 15.2. The molecule has 21 heavy (non-hydrogen) atoms. The third-order valence-electron chi connectivity index (χ3n) is 3.04. The van der Waals surface area contributed by atoms with E-state index in [-0.39, 0.29) is 17.6 Å². The molecule has 0 atom stereocenters. The van der Waals surface area contributed by atoms with E-state index in [9.17, 15) is 8.78 Å². The van der Waals surface area contributed by atoms with Gasteiger partial charge in [0.15, 0.2) is 11.5 Å².